The highest BCUT2D eigenvalue weighted by atomic mass is 19.3. The van der Waals surface area contributed by atoms with Crippen molar-refractivity contribution in [2.45, 2.75) is 45.5 Å². The van der Waals surface area contributed by atoms with E-state index in [-0.39, 0.29) is 34.9 Å². The molecule has 1 fully saturated rings. The Morgan fingerprint density at radius 1 is 1.19 bits per heavy atom. The minimum absolute atomic E-state index is 0.0358. The van der Waals surface area contributed by atoms with Crippen molar-refractivity contribution in [3.63, 3.8) is 0 Å². The molecule has 2 bridgehead atoms. The average Bonchev–Trinajstić information content (AvgIpc) is 3.19. The van der Waals surface area contributed by atoms with Crippen LogP contribution in [0.15, 0.2) is 42.2 Å². The molecule has 32 heavy (non-hydrogen) atoms. The lowest BCUT2D eigenvalue weighted by molar-refractivity contribution is -0.385. The molecule has 2 aromatic carbocycles. The van der Waals surface area contributed by atoms with Crippen LogP contribution in [0.5, 0.6) is 11.5 Å². The number of rotatable bonds is 6. The van der Waals surface area contributed by atoms with Crippen LogP contribution < -0.4 is 4.74 Å². The Bertz CT molecular complexity index is 1140. The number of nitro groups is 1. The minimum Gasteiger partial charge on any atom is -0.511 e. The number of carbonyl (C=O) groups is 1. The maximum absolute atomic E-state index is 13.6. The Morgan fingerprint density at radius 2 is 1.91 bits per heavy atom. The first-order valence-electron chi connectivity index (χ1n) is 10.5. The standard InChI is InChI=1S/C24H23F2NO5/c1-3-13-6-8-17(12-18(13)21-22(28)14-4-5-15(10-14)23(21)29)32-20-9-7-16(24(2,25)26)11-19(20)27(30)31/h6-9,11-12,14-15,28H,3-5,10H2,1-2H3/t14-,15+/m0/s1. The molecule has 6 nitrogen and oxygen atoms in total. The number of fused-ring (bicyclic) bond motifs is 2. The van der Waals surface area contributed by atoms with Crippen LogP contribution in [0.1, 0.15) is 49.8 Å². The molecular weight excluding hydrogens is 420 g/mol. The van der Waals surface area contributed by atoms with Gasteiger partial charge in [-0.3, -0.25) is 14.9 Å². The van der Waals surface area contributed by atoms with Gasteiger partial charge < -0.3 is 9.84 Å². The zero-order chi connectivity index (χ0) is 23.2. The predicted octanol–water partition coefficient (Wildman–Crippen LogP) is 6.33. The number of aliphatic hydroxyl groups excluding tert-OH is 1. The number of alkyl halides is 2. The summed E-state index contributed by atoms with van der Waals surface area (Å²) in [7, 11) is 0. The molecule has 1 saturated carbocycles. The smallest absolute Gasteiger partial charge is 0.312 e. The third kappa shape index (κ3) is 3.85. The van der Waals surface area contributed by atoms with Gasteiger partial charge in [-0.1, -0.05) is 13.0 Å². The Morgan fingerprint density at radius 3 is 2.56 bits per heavy atom. The van der Waals surface area contributed by atoms with Crippen molar-refractivity contribution >= 4 is 17.0 Å². The second-order valence-corrected chi connectivity index (χ2v) is 8.43. The van der Waals surface area contributed by atoms with E-state index < -0.39 is 22.1 Å². The number of halogens is 2. The van der Waals surface area contributed by atoms with Crippen LogP contribution in [0.3, 0.4) is 0 Å². The second-order valence-electron chi connectivity index (χ2n) is 8.43. The van der Waals surface area contributed by atoms with Crippen molar-refractivity contribution in [1.82, 2.24) is 0 Å². The number of Topliss-reactive ketones (excluding diaryl/α,β-unsaturated/α-hetero) is 1. The molecule has 0 heterocycles. The van der Waals surface area contributed by atoms with E-state index in [1.54, 1.807) is 18.2 Å². The molecule has 168 valence electrons. The molecule has 0 unspecified atom stereocenters. The predicted molar refractivity (Wildman–Crippen MR) is 114 cm³/mol. The van der Waals surface area contributed by atoms with Crippen molar-refractivity contribution in [2.75, 3.05) is 0 Å². The maximum Gasteiger partial charge on any atom is 0.312 e. The molecule has 2 aromatic rings. The number of allylic oxidation sites excluding steroid dienone is 2. The molecule has 2 atom stereocenters. The van der Waals surface area contributed by atoms with Crippen molar-refractivity contribution in [3.05, 3.63) is 69.0 Å². The zero-order valence-corrected chi connectivity index (χ0v) is 17.7. The number of hydrogen-bond donors (Lipinski definition) is 1. The topological polar surface area (TPSA) is 89.7 Å². The quantitative estimate of drug-likeness (QED) is 0.416. The van der Waals surface area contributed by atoms with E-state index in [0.717, 1.165) is 36.6 Å². The number of benzene rings is 2. The van der Waals surface area contributed by atoms with Crippen LogP contribution in [0.4, 0.5) is 14.5 Å². The molecule has 2 aliphatic carbocycles. The number of ketones is 1. The highest BCUT2D eigenvalue weighted by Gasteiger charge is 2.41. The largest absolute Gasteiger partial charge is 0.511 e. The zero-order valence-electron chi connectivity index (χ0n) is 17.7. The second kappa shape index (κ2) is 8.00. The van der Waals surface area contributed by atoms with Crippen LogP contribution in [0.2, 0.25) is 0 Å². The molecular formula is C24H23F2NO5. The van der Waals surface area contributed by atoms with E-state index in [4.69, 9.17) is 4.74 Å². The molecule has 0 saturated heterocycles. The fourth-order valence-corrected chi connectivity index (χ4v) is 4.58. The lowest BCUT2D eigenvalue weighted by Gasteiger charge is -2.23. The normalized spacial score (nSPS) is 20.6. The van der Waals surface area contributed by atoms with Crippen molar-refractivity contribution in [3.8, 4) is 11.5 Å². The average molecular weight is 443 g/mol. The van der Waals surface area contributed by atoms with Gasteiger partial charge in [0.2, 0.25) is 5.75 Å². The van der Waals surface area contributed by atoms with Crippen LogP contribution in [0, 0.1) is 22.0 Å². The van der Waals surface area contributed by atoms with Crippen LogP contribution in [-0.4, -0.2) is 15.8 Å². The summed E-state index contributed by atoms with van der Waals surface area (Å²) in [6.07, 6.45) is 2.78. The summed E-state index contributed by atoms with van der Waals surface area (Å²) in [4.78, 5) is 23.7. The molecule has 0 aromatic heterocycles. The van der Waals surface area contributed by atoms with Gasteiger partial charge in [0.05, 0.1) is 10.5 Å². The Labute approximate surface area is 183 Å². The van der Waals surface area contributed by atoms with Gasteiger partial charge in [-0.05, 0) is 61.1 Å². The lowest BCUT2D eigenvalue weighted by Crippen LogP contribution is -2.21. The van der Waals surface area contributed by atoms with Crippen LogP contribution >= 0.6 is 0 Å². The van der Waals surface area contributed by atoms with Crippen molar-refractivity contribution in [1.29, 1.82) is 0 Å². The van der Waals surface area contributed by atoms with Gasteiger partial charge in [-0.15, -0.1) is 0 Å². The van der Waals surface area contributed by atoms with E-state index in [1.807, 2.05) is 6.92 Å². The summed E-state index contributed by atoms with van der Waals surface area (Å²) in [5, 5.41) is 22.2. The Kier molecular flexibility index (Phi) is 5.48. The summed E-state index contributed by atoms with van der Waals surface area (Å²) in [6.45, 7) is 2.59. The fourth-order valence-electron chi connectivity index (χ4n) is 4.58. The molecule has 1 N–H and O–H groups in total. The first-order chi connectivity index (χ1) is 15.1. The van der Waals surface area contributed by atoms with Gasteiger partial charge in [0.25, 0.3) is 5.92 Å². The van der Waals surface area contributed by atoms with E-state index in [9.17, 15) is 28.8 Å². The van der Waals surface area contributed by atoms with Gasteiger partial charge in [-0.2, -0.15) is 0 Å². The molecule has 0 amide bonds. The van der Waals surface area contributed by atoms with E-state index in [2.05, 4.69) is 0 Å². The summed E-state index contributed by atoms with van der Waals surface area (Å²) in [5.74, 6) is -3.35. The number of hydrogen-bond acceptors (Lipinski definition) is 5. The summed E-state index contributed by atoms with van der Waals surface area (Å²) in [6, 6.07) is 7.96. The molecule has 0 radical (unpaired) electrons. The molecule has 0 spiro atoms. The SMILES string of the molecule is CCc1ccc(Oc2ccc(C(C)(F)F)cc2[N+](=O)[O-])cc1C1=C(O)[C@H]2CC[C@H](C2)C1=O. The van der Waals surface area contributed by atoms with Gasteiger partial charge in [-0.25, -0.2) is 8.78 Å². The number of nitro benzene ring substituents is 1. The minimum atomic E-state index is -3.23. The number of carbonyl (C=O) groups excluding carboxylic acids is 1. The van der Waals surface area contributed by atoms with Crippen LogP contribution in [0.25, 0.3) is 5.57 Å². The van der Waals surface area contributed by atoms with Gasteiger partial charge in [0.1, 0.15) is 11.5 Å². The van der Waals surface area contributed by atoms with Gasteiger partial charge in [0.15, 0.2) is 5.78 Å². The fraction of sp³-hybridized carbons (Fsp3) is 0.375. The Hall–Kier alpha value is -3.29. The third-order valence-corrected chi connectivity index (χ3v) is 6.31. The first-order valence-corrected chi connectivity index (χ1v) is 10.5. The Balaban J connectivity index is 1.75. The molecule has 8 heteroatoms. The van der Waals surface area contributed by atoms with Gasteiger partial charge >= 0.3 is 5.69 Å². The molecule has 2 aliphatic rings. The first kappa shape index (κ1) is 21.9. The summed E-state index contributed by atoms with van der Waals surface area (Å²) >= 11 is 0. The highest BCUT2D eigenvalue weighted by Crippen LogP contribution is 2.46. The number of nitrogens with zero attached hydrogens (tertiary/aromatic N) is 1. The van der Waals surface area contributed by atoms with Crippen molar-refractivity contribution in [2.24, 2.45) is 11.8 Å². The van der Waals surface area contributed by atoms with Crippen LogP contribution in [-0.2, 0) is 17.1 Å². The lowest BCUT2D eigenvalue weighted by atomic mass is 9.81. The number of aliphatic hydroxyl groups is 1. The highest BCUT2D eigenvalue weighted by molar-refractivity contribution is 6.23. The summed E-state index contributed by atoms with van der Waals surface area (Å²) < 4.78 is 32.9. The molecule has 0 aliphatic heterocycles. The maximum atomic E-state index is 13.6. The molecule has 4 rings (SSSR count). The number of ether oxygens (including phenoxy) is 1. The monoisotopic (exact) mass is 443 g/mol. The van der Waals surface area contributed by atoms with E-state index in [0.29, 0.717) is 30.9 Å². The van der Waals surface area contributed by atoms with Crippen molar-refractivity contribution < 1.29 is 28.3 Å². The third-order valence-electron chi connectivity index (χ3n) is 6.31. The van der Waals surface area contributed by atoms with Gasteiger partial charge in [0, 0.05) is 30.4 Å². The number of aryl methyl sites for hydroxylation is 1. The van der Waals surface area contributed by atoms with E-state index in [1.165, 1.54) is 0 Å². The van der Waals surface area contributed by atoms with E-state index >= 15 is 0 Å². The summed E-state index contributed by atoms with van der Waals surface area (Å²) in [5.41, 5.74) is 0.602.